The lowest BCUT2D eigenvalue weighted by Crippen LogP contribution is -2.30. The van der Waals surface area contributed by atoms with Crippen LogP contribution < -0.4 is 5.32 Å². The molecule has 154 valence electrons. The van der Waals surface area contributed by atoms with E-state index in [-0.39, 0.29) is 17.3 Å². The number of amides is 1. The number of aryl methyl sites for hydroxylation is 1. The Morgan fingerprint density at radius 3 is 2.36 bits per heavy atom. The molecular formula is C20H29N3O4S. The summed E-state index contributed by atoms with van der Waals surface area (Å²) in [7, 11) is -0.0931. The lowest BCUT2D eigenvalue weighted by molar-refractivity contribution is -0.117. The summed E-state index contributed by atoms with van der Waals surface area (Å²) in [5.74, 6) is 1.46. The molecule has 1 aromatic heterocycles. The molecular weight excluding hydrogens is 378 g/mol. The van der Waals surface area contributed by atoms with Crippen LogP contribution in [-0.2, 0) is 21.4 Å². The minimum Gasteiger partial charge on any atom is -0.465 e. The van der Waals surface area contributed by atoms with Gasteiger partial charge in [0.15, 0.2) is 0 Å². The SMILES string of the molecule is CCCCN(C)S(=O)(=O)c1ccc(NC(=O)CN(C)Cc2ccc(C)o2)cc1. The Balaban J connectivity index is 1.91. The second kappa shape index (κ2) is 9.86. The van der Waals surface area contributed by atoms with Crippen molar-refractivity contribution < 1.29 is 17.6 Å². The molecule has 0 saturated carbocycles. The van der Waals surface area contributed by atoms with Crippen molar-refractivity contribution in [1.29, 1.82) is 0 Å². The fraction of sp³-hybridized carbons (Fsp3) is 0.450. The van der Waals surface area contributed by atoms with Gasteiger partial charge in [-0.1, -0.05) is 13.3 Å². The van der Waals surface area contributed by atoms with Gasteiger partial charge in [-0.25, -0.2) is 12.7 Å². The summed E-state index contributed by atoms with van der Waals surface area (Å²) in [5.41, 5.74) is 0.558. The van der Waals surface area contributed by atoms with E-state index in [1.165, 1.54) is 16.4 Å². The number of anilines is 1. The van der Waals surface area contributed by atoms with Crippen molar-refractivity contribution in [2.75, 3.05) is 32.5 Å². The van der Waals surface area contributed by atoms with Crippen LogP contribution in [0.1, 0.15) is 31.3 Å². The number of likely N-dealkylation sites (N-methyl/N-ethyl adjacent to an activating group) is 1. The van der Waals surface area contributed by atoms with E-state index in [2.05, 4.69) is 5.32 Å². The molecule has 7 nitrogen and oxygen atoms in total. The summed E-state index contributed by atoms with van der Waals surface area (Å²) in [6.45, 7) is 5.10. The number of carbonyl (C=O) groups is 1. The molecule has 1 heterocycles. The number of carbonyl (C=O) groups excluding carboxylic acids is 1. The molecule has 0 saturated heterocycles. The highest BCUT2D eigenvalue weighted by molar-refractivity contribution is 7.89. The van der Waals surface area contributed by atoms with Gasteiger partial charge in [0.25, 0.3) is 0 Å². The molecule has 0 aliphatic heterocycles. The lowest BCUT2D eigenvalue weighted by atomic mass is 10.3. The largest absolute Gasteiger partial charge is 0.465 e. The van der Waals surface area contributed by atoms with E-state index in [9.17, 15) is 13.2 Å². The van der Waals surface area contributed by atoms with Gasteiger partial charge in [0.2, 0.25) is 15.9 Å². The van der Waals surface area contributed by atoms with Crippen LogP contribution in [-0.4, -0.2) is 50.7 Å². The molecule has 2 rings (SSSR count). The van der Waals surface area contributed by atoms with Crippen LogP contribution in [0.25, 0.3) is 0 Å². The third-order valence-corrected chi connectivity index (χ3v) is 6.18. The molecule has 0 aliphatic rings. The molecule has 1 amide bonds. The maximum absolute atomic E-state index is 12.5. The average molecular weight is 408 g/mol. The number of benzene rings is 1. The Kier molecular flexibility index (Phi) is 7.79. The number of nitrogens with one attached hydrogen (secondary N) is 1. The standard InChI is InChI=1S/C20H29N3O4S/c1-5-6-13-23(4)28(25,26)19-11-8-17(9-12-19)21-20(24)15-22(3)14-18-10-7-16(2)27-18/h7-12H,5-6,13-15H2,1-4H3,(H,21,24). The third-order valence-electron chi connectivity index (χ3n) is 4.31. The third kappa shape index (κ3) is 6.19. The Morgan fingerprint density at radius 2 is 1.79 bits per heavy atom. The van der Waals surface area contributed by atoms with Crippen LogP contribution in [0.4, 0.5) is 5.69 Å². The van der Waals surface area contributed by atoms with E-state index >= 15 is 0 Å². The predicted octanol–water partition coefficient (Wildman–Crippen LogP) is 3.08. The van der Waals surface area contributed by atoms with Crippen molar-refractivity contribution in [1.82, 2.24) is 9.21 Å². The fourth-order valence-electron chi connectivity index (χ4n) is 2.73. The lowest BCUT2D eigenvalue weighted by Gasteiger charge is -2.17. The zero-order valence-corrected chi connectivity index (χ0v) is 17.8. The summed E-state index contributed by atoms with van der Waals surface area (Å²) in [5, 5.41) is 2.79. The first-order valence-corrected chi connectivity index (χ1v) is 10.8. The maximum Gasteiger partial charge on any atom is 0.242 e. The van der Waals surface area contributed by atoms with Crippen molar-refractivity contribution in [3.8, 4) is 0 Å². The van der Waals surface area contributed by atoms with E-state index in [0.29, 0.717) is 18.8 Å². The summed E-state index contributed by atoms with van der Waals surface area (Å²) >= 11 is 0. The van der Waals surface area contributed by atoms with Crippen molar-refractivity contribution >= 4 is 21.6 Å². The Labute approximate surface area is 167 Å². The van der Waals surface area contributed by atoms with Crippen LogP contribution in [0.5, 0.6) is 0 Å². The highest BCUT2D eigenvalue weighted by Gasteiger charge is 2.20. The van der Waals surface area contributed by atoms with E-state index in [1.807, 2.05) is 37.9 Å². The number of rotatable bonds is 10. The zero-order chi connectivity index (χ0) is 20.7. The molecule has 8 heteroatoms. The minimum absolute atomic E-state index is 0.179. The number of sulfonamides is 1. The molecule has 28 heavy (non-hydrogen) atoms. The molecule has 0 bridgehead atoms. The van der Waals surface area contributed by atoms with Crippen LogP contribution in [0.2, 0.25) is 0 Å². The van der Waals surface area contributed by atoms with Crippen LogP contribution in [0, 0.1) is 6.92 Å². The monoisotopic (exact) mass is 407 g/mol. The number of hydrogen-bond acceptors (Lipinski definition) is 5. The van der Waals surface area contributed by atoms with Crippen molar-refractivity contribution in [2.45, 2.75) is 38.1 Å². The number of unbranched alkanes of at least 4 members (excludes halogenated alkanes) is 1. The minimum atomic E-state index is -3.51. The van der Waals surface area contributed by atoms with E-state index in [0.717, 1.165) is 24.4 Å². The van der Waals surface area contributed by atoms with Gasteiger partial charge in [0.1, 0.15) is 11.5 Å². The molecule has 1 aromatic carbocycles. The van der Waals surface area contributed by atoms with Gasteiger partial charge in [0.05, 0.1) is 18.0 Å². The van der Waals surface area contributed by atoms with Gasteiger partial charge in [0, 0.05) is 19.3 Å². The van der Waals surface area contributed by atoms with Gasteiger partial charge in [-0.05, 0) is 56.8 Å². The zero-order valence-electron chi connectivity index (χ0n) is 16.9. The molecule has 0 aliphatic carbocycles. The predicted molar refractivity (Wildman–Crippen MR) is 110 cm³/mol. The summed E-state index contributed by atoms with van der Waals surface area (Å²) in [6.07, 6.45) is 1.74. The topological polar surface area (TPSA) is 82.9 Å². The number of nitrogens with zero attached hydrogens (tertiary/aromatic N) is 2. The molecule has 1 N–H and O–H groups in total. The fourth-order valence-corrected chi connectivity index (χ4v) is 3.94. The molecule has 2 aromatic rings. The summed E-state index contributed by atoms with van der Waals surface area (Å²) in [4.78, 5) is 14.3. The van der Waals surface area contributed by atoms with E-state index < -0.39 is 10.0 Å². The molecule has 0 unspecified atom stereocenters. The quantitative estimate of drug-likeness (QED) is 0.654. The van der Waals surface area contributed by atoms with Crippen LogP contribution in [0.15, 0.2) is 45.7 Å². The van der Waals surface area contributed by atoms with Gasteiger partial charge in [-0.15, -0.1) is 0 Å². The smallest absolute Gasteiger partial charge is 0.242 e. The molecule has 0 atom stereocenters. The normalized spacial score (nSPS) is 11.9. The molecule has 0 spiro atoms. The molecule has 0 fully saturated rings. The van der Waals surface area contributed by atoms with Crippen LogP contribution >= 0.6 is 0 Å². The maximum atomic E-state index is 12.5. The van der Waals surface area contributed by atoms with Crippen LogP contribution in [0.3, 0.4) is 0 Å². The average Bonchev–Trinajstić information content (AvgIpc) is 3.04. The van der Waals surface area contributed by atoms with E-state index in [4.69, 9.17) is 4.42 Å². The van der Waals surface area contributed by atoms with Gasteiger partial charge in [-0.2, -0.15) is 0 Å². The first-order chi connectivity index (χ1) is 13.2. The number of furan rings is 1. The Morgan fingerprint density at radius 1 is 1.11 bits per heavy atom. The Bertz CT molecular complexity index is 875. The van der Waals surface area contributed by atoms with E-state index in [1.54, 1.807) is 19.2 Å². The first-order valence-electron chi connectivity index (χ1n) is 9.32. The van der Waals surface area contributed by atoms with Gasteiger partial charge < -0.3 is 9.73 Å². The summed E-state index contributed by atoms with van der Waals surface area (Å²) < 4.78 is 31.9. The first kappa shape index (κ1) is 22.1. The highest BCUT2D eigenvalue weighted by atomic mass is 32.2. The van der Waals surface area contributed by atoms with Crippen molar-refractivity contribution in [2.24, 2.45) is 0 Å². The van der Waals surface area contributed by atoms with Crippen molar-refractivity contribution in [3.63, 3.8) is 0 Å². The second-order valence-corrected chi connectivity index (χ2v) is 8.98. The van der Waals surface area contributed by atoms with Gasteiger partial charge >= 0.3 is 0 Å². The Hall–Kier alpha value is -2.16. The van der Waals surface area contributed by atoms with Crippen molar-refractivity contribution in [3.05, 3.63) is 47.9 Å². The second-order valence-electron chi connectivity index (χ2n) is 6.94. The summed E-state index contributed by atoms with van der Waals surface area (Å²) in [6, 6.07) is 10.0. The highest BCUT2D eigenvalue weighted by Crippen LogP contribution is 2.18. The molecule has 0 radical (unpaired) electrons. The number of hydrogen-bond donors (Lipinski definition) is 1. The van der Waals surface area contributed by atoms with Gasteiger partial charge in [-0.3, -0.25) is 9.69 Å².